The van der Waals surface area contributed by atoms with Gasteiger partial charge >= 0.3 is 5.97 Å². The van der Waals surface area contributed by atoms with Crippen LogP contribution in [0.25, 0.3) is 0 Å². The van der Waals surface area contributed by atoms with Crippen LogP contribution >= 0.6 is 0 Å². The van der Waals surface area contributed by atoms with Gasteiger partial charge in [-0.25, -0.2) is 16.8 Å². The van der Waals surface area contributed by atoms with Crippen molar-refractivity contribution in [1.82, 2.24) is 4.31 Å². The maximum Gasteiger partial charge on any atom is 0.324 e. The number of carbonyl (C=O) groups is 1. The SMILES string of the molecule is COC(=O)C1CC(O)CN1S(=O)(=O)CCS(C)(=O)=O. The van der Waals surface area contributed by atoms with Crippen molar-refractivity contribution in [3.63, 3.8) is 0 Å². The number of methoxy groups -OCH3 is 1. The van der Waals surface area contributed by atoms with Crippen molar-refractivity contribution in [2.75, 3.05) is 31.4 Å². The summed E-state index contributed by atoms with van der Waals surface area (Å²) in [6.07, 6.45) is -0.0821. The molecule has 1 fully saturated rings. The Bertz CT molecular complexity index is 539. The van der Waals surface area contributed by atoms with E-state index in [2.05, 4.69) is 4.74 Å². The van der Waals surface area contributed by atoms with Crippen LogP contribution in [0.4, 0.5) is 0 Å². The standard InChI is InChI=1S/C9H17NO7S2/c1-17-9(12)8-5-7(11)6-10(8)19(15,16)4-3-18(2,13)14/h7-8,11H,3-6H2,1-2H3. The van der Waals surface area contributed by atoms with Gasteiger partial charge in [0, 0.05) is 19.2 Å². The third-order valence-electron chi connectivity index (χ3n) is 2.78. The van der Waals surface area contributed by atoms with Crippen LogP contribution in [0.2, 0.25) is 0 Å². The number of aliphatic hydroxyl groups excluding tert-OH is 1. The summed E-state index contributed by atoms with van der Waals surface area (Å²) >= 11 is 0. The van der Waals surface area contributed by atoms with Crippen molar-refractivity contribution in [2.24, 2.45) is 0 Å². The van der Waals surface area contributed by atoms with E-state index in [4.69, 9.17) is 0 Å². The van der Waals surface area contributed by atoms with Gasteiger partial charge in [0.1, 0.15) is 15.9 Å². The van der Waals surface area contributed by atoms with Gasteiger partial charge in [0.15, 0.2) is 0 Å². The quantitative estimate of drug-likeness (QED) is 0.581. The molecule has 0 amide bonds. The molecule has 0 aromatic rings. The monoisotopic (exact) mass is 315 g/mol. The molecule has 1 aliphatic rings. The zero-order chi connectivity index (χ0) is 14.8. The van der Waals surface area contributed by atoms with Gasteiger partial charge in [-0.3, -0.25) is 4.79 Å². The number of rotatable bonds is 5. The first-order chi connectivity index (χ1) is 8.57. The van der Waals surface area contributed by atoms with Gasteiger partial charge < -0.3 is 9.84 Å². The molecule has 0 aromatic heterocycles. The average molecular weight is 315 g/mol. The van der Waals surface area contributed by atoms with Crippen LogP contribution in [-0.4, -0.2) is 75.8 Å². The highest BCUT2D eigenvalue weighted by atomic mass is 32.2. The van der Waals surface area contributed by atoms with Gasteiger partial charge in [-0.05, 0) is 0 Å². The maximum atomic E-state index is 12.0. The Morgan fingerprint density at radius 3 is 2.37 bits per heavy atom. The van der Waals surface area contributed by atoms with E-state index in [0.717, 1.165) is 17.7 Å². The number of hydrogen-bond acceptors (Lipinski definition) is 7. The summed E-state index contributed by atoms with van der Waals surface area (Å²) in [5.74, 6) is -1.92. The van der Waals surface area contributed by atoms with Gasteiger partial charge in [-0.2, -0.15) is 4.31 Å². The molecular formula is C9H17NO7S2. The summed E-state index contributed by atoms with van der Waals surface area (Å²) in [5, 5.41) is 9.47. The van der Waals surface area contributed by atoms with E-state index in [1.165, 1.54) is 0 Å². The van der Waals surface area contributed by atoms with Crippen molar-refractivity contribution in [1.29, 1.82) is 0 Å². The highest BCUT2D eigenvalue weighted by Gasteiger charge is 2.43. The Morgan fingerprint density at radius 1 is 1.32 bits per heavy atom. The van der Waals surface area contributed by atoms with Gasteiger partial charge in [0.05, 0.1) is 24.7 Å². The molecule has 1 heterocycles. The lowest BCUT2D eigenvalue weighted by Crippen LogP contribution is -2.43. The Morgan fingerprint density at radius 2 is 1.89 bits per heavy atom. The average Bonchev–Trinajstić information content (AvgIpc) is 2.68. The number of sulfone groups is 1. The molecule has 0 saturated carbocycles. The molecule has 2 atom stereocenters. The van der Waals surface area contributed by atoms with Crippen LogP contribution in [0, 0.1) is 0 Å². The zero-order valence-corrected chi connectivity index (χ0v) is 12.3. The number of sulfonamides is 1. The second kappa shape index (κ2) is 5.73. The summed E-state index contributed by atoms with van der Waals surface area (Å²) in [5.41, 5.74) is 0. The molecule has 2 unspecified atom stereocenters. The van der Waals surface area contributed by atoms with Crippen LogP contribution in [0.1, 0.15) is 6.42 Å². The number of hydrogen-bond donors (Lipinski definition) is 1. The Hall–Kier alpha value is -0.710. The molecule has 1 saturated heterocycles. The van der Waals surface area contributed by atoms with E-state index < -0.39 is 49.5 Å². The van der Waals surface area contributed by atoms with Crippen LogP contribution in [-0.2, 0) is 29.4 Å². The predicted molar refractivity (Wildman–Crippen MR) is 66.6 cm³/mol. The lowest BCUT2D eigenvalue weighted by molar-refractivity contribution is -0.144. The first-order valence-electron chi connectivity index (χ1n) is 5.50. The minimum absolute atomic E-state index is 0.0508. The first kappa shape index (κ1) is 16.3. The number of β-amino-alcohol motifs (C(OH)–C–C–N with tert-alkyl or cyclic N) is 1. The molecule has 0 aromatic carbocycles. The predicted octanol–water partition coefficient (Wildman–Crippen LogP) is -2.03. The molecular weight excluding hydrogens is 298 g/mol. The highest BCUT2D eigenvalue weighted by molar-refractivity contribution is 7.93. The molecule has 1 N–H and O–H groups in total. The van der Waals surface area contributed by atoms with Crippen molar-refractivity contribution in [2.45, 2.75) is 18.6 Å². The van der Waals surface area contributed by atoms with Crippen molar-refractivity contribution < 1.29 is 31.5 Å². The number of nitrogens with zero attached hydrogens (tertiary/aromatic N) is 1. The largest absolute Gasteiger partial charge is 0.468 e. The smallest absolute Gasteiger partial charge is 0.324 e. The van der Waals surface area contributed by atoms with Crippen LogP contribution in [0.15, 0.2) is 0 Å². The minimum Gasteiger partial charge on any atom is -0.468 e. The van der Waals surface area contributed by atoms with Gasteiger partial charge in [-0.1, -0.05) is 0 Å². The number of esters is 1. The first-order valence-corrected chi connectivity index (χ1v) is 9.17. The molecule has 0 radical (unpaired) electrons. The van der Waals surface area contributed by atoms with Crippen LogP contribution in [0.3, 0.4) is 0 Å². The fourth-order valence-corrected chi connectivity index (χ4v) is 5.06. The molecule has 0 aliphatic carbocycles. The van der Waals surface area contributed by atoms with E-state index in [9.17, 15) is 26.7 Å². The Balaban J connectivity index is 2.89. The van der Waals surface area contributed by atoms with E-state index in [0.29, 0.717) is 0 Å². The van der Waals surface area contributed by atoms with Crippen LogP contribution < -0.4 is 0 Å². The topological polar surface area (TPSA) is 118 Å². The Kier molecular flexibility index (Phi) is 4.93. The maximum absolute atomic E-state index is 12.0. The third-order valence-corrected chi connectivity index (χ3v) is 5.82. The van der Waals surface area contributed by atoms with Crippen molar-refractivity contribution >= 4 is 25.8 Å². The molecule has 112 valence electrons. The summed E-state index contributed by atoms with van der Waals surface area (Å²) in [4.78, 5) is 11.5. The Labute approximate surface area is 112 Å². The lowest BCUT2D eigenvalue weighted by Gasteiger charge is -2.21. The molecule has 1 aliphatic heterocycles. The highest BCUT2D eigenvalue weighted by Crippen LogP contribution is 2.23. The summed E-state index contributed by atoms with van der Waals surface area (Å²) in [7, 11) is -6.25. The van der Waals surface area contributed by atoms with Crippen molar-refractivity contribution in [3.8, 4) is 0 Å². The lowest BCUT2D eigenvalue weighted by atomic mass is 10.2. The van der Waals surface area contributed by atoms with Crippen molar-refractivity contribution in [3.05, 3.63) is 0 Å². The molecule has 0 bridgehead atoms. The van der Waals surface area contributed by atoms with Gasteiger partial charge in [-0.15, -0.1) is 0 Å². The molecule has 19 heavy (non-hydrogen) atoms. The van der Waals surface area contributed by atoms with E-state index >= 15 is 0 Å². The third kappa shape index (κ3) is 4.41. The molecule has 10 heteroatoms. The number of carbonyl (C=O) groups excluding carboxylic acids is 1. The minimum atomic E-state index is -3.94. The van der Waals surface area contributed by atoms with E-state index in [1.807, 2.05) is 0 Å². The fourth-order valence-electron chi connectivity index (χ4n) is 1.82. The second-order valence-corrected chi connectivity index (χ2v) is 8.74. The number of aliphatic hydroxyl groups is 1. The van der Waals surface area contributed by atoms with Gasteiger partial charge in [0.2, 0.25) is 10.0 Å². The molecule has 1 rings (SSSR count). The van der Waals surface area contributed by atoms with E-state index in [-0.39, 0.29) is 13.0 Å². The summed E-state index contributed by atoms with van der Waals surface area (Å²) < 4.78 is 51.3. The number of ether oxygens (including phenoxy) is 1. The summed E-state index contributed by atoms with van der Waals surface area (Å²) in [6, 6.07) is -1.09. The second-order valence-electron chi connectivity index (χ2n) is 4.44. The molecule has 8 nitrogen and oxygen atoms in total. The van der Waals surface area contributed by atoms with Crippen LogP contribution in [0.5, 0.6) is 0 Å². The van der Waals surface area contributed by atoms with Gasteiger partial charge in [0.25, 0.3) is 0 Å². The fraction of sp³-hybridized carbons (Fsp3) is 0.889. The summed E-state index contributed by atoms with van der Waals surface area (Å²) in [6.45, 7) is -0.230. The van der Waals surface area contributed by atoms with E-state index in [1.54, 1.807) is 0 Å². The normalized spacial score (nSPS) is 25.4. The molecule has 0 spiro atoms. The zero-order valence-electron chi connectivity index (χ0n) is 10.6.